The van der Waals surface area contributed by atoms with Crippen molar-refractivity contribution in [2.75, 3.05) is 5.88 Å². The minimum Gasteiger partial charge on any atom is -0.206 e. The van der Waals surface area contributed by atoms with Gasteiger partial charge in [0.1, 0.15) is 5.82 Å². The van der Waals surface area contributed by atoms with Gasteiger partial charge < -0.3 is 0 Å². The van der Waals surface area contributed by atoms with E-state index in [-0.39, 0.29) is 11.7 Å². The summed E-state index contributed by atoms with van der Waals surface area (Å²) in [5.41, 5.74) is 2.25. The first kappa shape index (κ1) is 15.0. The van der Waals surface area contributed by atoms with Crippen molar-refractivity contribution in [3.63, 3.8) is 0 Å². The predicted octanol–water partition coefficient (Wildman–Crippen LogP) is 5.92. The average molecular weight is 407 g/mol. The van der Waals surface area contributed by atoms with E-state index in [9.17, 15) is 4.39 Å². The lowest BCUT2D eigenvalue weighted by molar-refractivity contribution is 0.619. The molecular formula is C15H12Br2ClF. The Labute approximate surface area is 134 Å². The van der Waals surface area contributed by atoms with Crippen molar-refractivity contribution in [2.45, 2.75) is 12.3 Å². The minimum atomic E-state index is -0.242. The lowest BCUT2D eigenvalue weighted by Gasteiger charge is -2.15. The van der Waals surface area contributed by atoms with Crippen LogP contribution in [0.25, 0.3) is 0 Å². The Hall–Kier alpha value is -0.380. The summed E-state index contributed by atoms with van der Waals surface area (Å²) in [7, 11) is 0. The Bertz CT molecular complexity index is 572. The van der Waals surface area contributed by atoms with Gasteiger partial charge in [0.15, 0.2) is 0 Å². The number of alkyl halides is 1. The van der Waals surface area contributed by atoms with E-state index in [0.717, 1.165) is 16.5 Å². The maximum Gasteiger partial charge on any atom is 0.137 e. The SMILES string of the molecule is Fc1ccc(CC(CCl)c2cccc(Br)c2)cc1Br. The second kappa shape index (κ2) is 6.87. The molecule has 4 heteroatoms. The molecule has 0 aromatic heterocycles. The first-order chi connectivity index (χ1) is 9.10. The van der Waals surface area contributed by atoms with Gasteiger partial charge in [0, 0.05) is 16.3 Å². The largest absolute Gasteiger partial charge is 0.206 e. The van der Waals surface area contributed by atoms with Gasteiger partial charge in [-0.25, -0.2) is 4.39 Å². The highest BCUT2D eigenvalue weighted by atomic mass is 79.9. The molecule has 19 heavy (non-hydrogen) atoms. The molecule has 0 bridgehead atoms. The van der Waals surface area contributed by atoms with E-state index in [4.69, 9.17) is 11.6 Å². The monoisotopic (exact) mass is 404 g/mol. The summed E-state index contributed by atoms with van der Waals surface area (Å²) < 4.78 is 14.7. The third-order valence-electron chi connectivity index (χ3n) is 2.97. The fraction of sp³-hybridized carbons (Fsp3) is 0.200. The minimum absolute atomic E-state index is 0.219. The van der Waals surface area contributed by atoms with Gasteiger partial charge in [-0.2, -0.15) is 0 Å². The first-order valence-electron chi connectivity index (χ1n) is 5.85. The van der Waals surface area contributed by atoms with Gasteiger partial charge in [-0.3, -0.25) is 0 Å². The molecule has 2 aromatic rings. The third-order valence-corrected chi connectivity index (χ3v) is 4.45. The van der Waals surface area contributed by atoms with E-state index < -0.39 is 0 Å². The molecule has 0 fully saturated rings. The summed E-state index contributed by atoms with van der Waals surface area (Å²) in [6.07, 6.45) is 0.791. The number of hydrogen-bond donors (Lipinski definition) is 0. The van der Waals surface area contributed by atoms with Crippen LogP contribution in [0.2, 0.25) is 0 Å². The van der Waals surface area contributed by atoms with E-state index in [1.54, 1.807) is 6.07 Å². The van der Waals surface area contributed by atoms with E-state index >= 15 is 0 Å². The van der Waals surface area contributed by atoms with Crippen LogP contribution in [0.4, 0.5) is 4.39 Å². The molecule has 0 aliphatic heterocycles. The molecular weight excluding hydrogens is 394 g/mol. The fourth-order valence-electron chi connectivity index (χ4n) is 1.97. The lowest BCUT2D eigenvalue weighted by Crippen LogP contribution is -2.05. The zero-order valence-electron chi connectivity index (χ0n) is 10.0. The van der Waals surface area contributed by atoms with Crippen molar-refractivity contribution in [1.82, 2.24) is 0 Å². The van der Waals surface area contributed by atoms with Gasteiger partial charge in [-0.15, -0.1) is 11.6 Å². The van der Waals surface area contributed by atoms with Crippen LogP contribution in [-0.2, 0) is 6.42 Å². The van der Waals surface area contributed by atoms with Crippen molar-refractivity contribution in [3.05, 3.63) is 68.4 Å². The zero-order chi connectivity index (χ0) is 13.8. The highest BCUT2D eigenvalue weighted by Crippen LogP contribution is 2.26. The topological polar surface area (TPSA) is 0 Å². The molecule has 0 aliphatic rings. The molecule has 2 aromatic carbocycles. The smallest absolute Gasteiger partial charge is 0.137 e. The molecule has 100 valence electrons. The standard InChI is InChI=1S/C15H12Br2ClF/c16-13-3-1-2-11(8-13)12(9-18)6-10-4-5-15(19)14(17)7-10/h1-5,7-8,12H,6,9H2. The Kier molecular flexibility index (Phi) is 5.43. The van der Waals surface area contributed by atoms with Crippen LogP contribution in [-0.4, -0.2) is 5.88 Å². The van der Waals surface area contributed by atoms with E-state index in [2.05, 4.69) is 44.0 Å². The third kappa shape index (κ3) is 4.04. The van der Waals surface area contributed by atoms with Gasteiger partial charge in [0.2, 0.25) is 0 Å². The summed E-state index contributed by atoms with van der Waals surface area (Å²) in [6.45, 7) is 0. The summed E-state index contributed by atoms with van der Waals surface area (Å²) >= 11 is 12.8. The van der Waals surface area contributed by atoms with Crippen LogP contribution in [0.1, 0.15) is 17.0 Å². The molecule has 0 saturated heterocycles. The van der Waals surface area contributed by atoms with Crippen molar-refractivity contribution < 1.29 is 4.39 Å². The molecule has 1 atom stereocenters. The van der Waals surface area contributed by atoms with Crippen molar-refractivity contribution in [2.24, 2.45) is 0 Å². The molecule has 0 nitrogen and oxygen atoms in total. The second-order valence-electron chi connectivity index (χ2n) is 4.36. The van der Waals surface area contributed by atoms with E-state index in [0.29, 0.717) is 10.4 Å². The molecule has 0 spiro atoms. The van der Waals surface area contributed by atoms with Crippen LogP contribution in [0.3, 0.4) is 0 Å². The number of hydrogen-bond acceptors (Lipinski definition) is 0. The van der Waals surface area contributed by atoms with Crippen LogP contribution in [0.5, 0.6) is 0 Å². The van der Waals surface area contributed by atoms with E-state index in [1.165, 1.54) is 11.6 Å². The highest BCUT2D eigenvalue weighted by Gasteiger charge is 2.12. The van der Waals surface area contributed by atoms with Crippen molar-refractivity contribution in [3.8, 4) is 0 Å². The van der Waals surface area contributed by atoms with Crippen molar-refractivity contribution >= 4 is 43.5 Å². The maximum atomic E-state index is 13.2. The molecule has 0 amide bonds. The lowest BCUT2D eigenvalue weighted by atomic mass is 9.94. The molecule has 0 saturated carbocycles. The van der Waals surface area contributed by atoms with Crippen LogP contribution >= 0.6 is 43.5 Å². The Balaban J connectivity index is 2.21. The normalized spacial score (nSPS) is 12.4. The maximum absolute atomic E-state index is 13.2. The zero-order valence-corrected chi connectivity index (χ0v) is 14.0. The van der Waals surface area contributed by atoms with Crippen LogP contribution in [0, 0.1) is 5.82 Å². The average Bonchev–Trinajstić information content (AvgIpc) is 2.40. The summed E-state index contributed by atoms with van der Waals surface area (Å²) in [5, 5.41) is 0. The van der Waals surface area contributed by atoms with Gasteiger partial charge in [0.25, 0.3) is 0 Å². The van der Waals surface area contributed by atoms with Gasteiger partial charge in [-0.1, -0.05) is 34.1 Å². The molecule has 0 heterocycles. The Morgan fingerprint density at radius 3 is 2.53 bits per heavy atom. The summed E-state index contributed by atoms with van der Waals surface area (Å²) in [5.74, 6) is 0.510. The van der Waals surface area contributed by atoms with Gasteiger partial charge in [0.05, 0.1) is 4.47 Å². The Morgan fingerprint density at radius 1 is 1.11 bits per heavy atom. The molecule has 0 aliphatic carbocycles. The molecule has 1 unspecified atom stereocenters. The molecule has 0 N–H and O–H groups in total. The Morgan fingerprint density at radius 2 is 1.89 bits per heavy atom. The summed E-state index contributed by atoms with van der Waals surface area (Å²) in [4.78, 5) is 0. The molecule has 2 rings (SSSR count). The first-order valence-corrected chi connectivity index (χ1v) is 7.97. The summed E-state index contributed by atoms with van der Waals surface area (Å²) in [6, 6.07) is 13.2. The van der Waals surface area contributed by atoms with Crippen molar-refractivity contribution in [1.29, 1.82) is 0 Å². The fourth-order valence-corrected chi connectivity index (χ4v) is 3.10. The van der Waals surface area contributed by atoms with E-state index in [1.807, 2.05) is 18.2 Å². The number of benzene rings is 2. The molecule has 0 radical (unpaired) electrons. The quantitative estimate of drug-likeness (QED) is 0.553. The van der Waals surface area contributed by atoms with Crippen LogP contribution in [0.15, 0.2) is 51.4 Å². The van der Waals surface area contributed by atoms with Crippen LogP contribution < -0.4 is 0 Å². The van der Waals surface area contributed by atoms with Gasteiger partial charge >= 0.3 is 0 Å². The number of rotatable bonds is 4. The highest BCUT2D eigenvalue weighted by molar-refractivity contribution is 9.10. The predicted molar refractivity (Wildman–Crippen MR) is 85.4 cm³/mol. The van der Waals surface area contributed by atoms with Gasteiger partial charge in [-0.05, 0) is 57.7 Å². The second-order valence-corrected chi connectivity index (χ2v) is 6.44. The number of halogens is 4.